The fourth-order valence-electron chi connectivity index (χ4n) is 3.03. The summed E-state index contributed by atoms with van der Waals surface area (Å²) in [6.07, 6.45) is 7.79. The standard InChI is InChI=1S/C18H21N3O3S/c19-16(23)15-13-7-6-12(22)10-14(13)25-17(15)21-18(24)20-9-8-11-4-2-1-3-5-11/h4,6-7,10,22H,1-3,5,8-9H2,(H2,19,23)(H2,20,21,24). The molecule has 0 spiro atoms. The van der Waals surface area contributed by atoms with Gasteiger partial charge in [0.15, 0.2) is 0 Å². The van der Waals surface area contributed by atoms with Crippen LogP contribution < -0.4 is 16.4 Å². The number of thiophene rings is 1. The number of anilines is 1. The molecule has 0 aliphatic heterocycles. The van der Waals surface area contributed by atoms with E-state index in [1.54, 1.807) is 12.1 Å². The molecule has 3 amide bonds. The monoisotopic (exact) mass is 359 g/mol. The quantitative estimate of drug-likeness (QED) is 0.612. The Morgan fingerprint density at radius 3 is 2.84 bits per heavy atom. The second-order valence-electron chi connectivity index (χ2n) is 6.09. The van der Waals surface area contributed by atoms with Gasteiger partial charge in [0.25, 0.3) is 5.91 Å². The zero-order chi connectivity index (χ0) is 17.8. The molecule has 0 fully saturated rings. The van der Waals surface area contributed by atoms with Gasteiger partial charge in [-0.1, -0.05) is 11.6 Å². The molecule has 2 aromatic rings. The van der Waals surface area contributed by atoms with E-state index in [9.17, 15) is 14.7 Å². The molecule has 25 heavy (non-hydrogen) atoms. The molecule has 1 aromatic heterocycles. The number of phenolic OH excluding ortho intramolecular Hbond substituents is 1. The van der Waals surface area contributed by atoms with E-state index in [2.05, 4.69) is 16.7 Å². The second kappa shape index (κ2) is 7.57. The van der Waals surface area contributed by atoms with Crippen LogP contribution in [0.4, 0.5) is 9.80 Å². The van der Waals surface area contributed by atoms with Crippen LogP contribution in [0.25, 0.3) is 10.1 Å². The van der Waals surface area contributed by atoms with Gasteiger partial charge in [0, 0.05) is 16.6 Å². The van der Waals surface area contributed by atoms with Crippen LogP contribution in [-0.4, -0.2) is 23.6 Å². The lowest BCUT2D eigenvalue weighted by Gasteiger charge is -2.13. The highest BCUT2D eigenvalue weighted by molar-refractivity contribution is 7.23. The molecule has 7 heteroatoms. The van der Waals surface area contributed by atoms with Gasteiger partial charge >= 0.3 is 6.03 Å². The van der Waals surface area contributed by atoms with Crippen molar-refractivity contribution in [1.82, 2.24) is 5.32 Å². The molecule has 0 atom stereocenters. The van der Waals surface area contributed by atoms with E-state index in [1.165, 1.54) is 35.8 Å². The number of hydrogen-bond donors (Lipinski definition) is 4. The number of nitrogens with one attached hydrogen (secondary N) is 2. The molecular formula is C18H21N3O3S. The molecule has 1 aliphatic rings. The highest BCUT2D eigenvalue weighted by Crippen LogP contribution is 2.37. The summed E-state index contributed by atoms with van der Waals surface area (Å²) in [4.78, 5) is 23.9. The minimum absolute atomic E-state index is 0.0986. The summed E-state index contributed by atoms with van der Waals surface area (Å²) in [6, 6.07) is 4.29. The van der Waals surface area contributed by atoms with Crippen molar-refractivity contribution in [1.29, 1.82) is 0 Å². The number of benzene rings is 1. The van der Waals surface area contributed by atoms with Crippen molar-refractivity contribution >= 4 is 38.4 Å². The number of allylic oxidation sites excluding steroid dienone is 1. The minimum atomic E-state index is -0.611. The number of aromatic hydroxyl groups is 1. The second-order valence-corrected chi connectivity index (χ2v) is 7.14. The Labute approximate surface area is 149 Å². The fourth-order valence-corrected chi connectivity index (χ4v) is 4.17. The maximum atomic E-state index is 12.1. The molecule has 5 N–H and O–H groups in total. The van der Waals surface area contributed by atoms with Crippen LogP contribution in [0.15, 0.2) is 29.8 Å². The summed E-state index contributed by atoms with van der Waals surface area (Å²) in [7, 11) is 0. The summed E-state index contributed by atoms with van der Waals surface area (Å²) in [5.74, 6) is -0.513. The number of nitrogens with two attached hydrogens (primary N) is 1. The molecule has 132 valence electrons. The van der Waals surface area contributed by atoms with Crippen LogP contribution in [-0.2, 0) is 0 Å². The number of primary amides is 1. The molecule has 0 saturated carbocycles. The molecule has 3 rings (SSSR count). The van der Waals surface area contributed by atoms with Gasteiger partial charge in [-0.3, -0.25) is 10.1 Å². The molecule has 0 saturated heterocycles. The van der Waals surface area contributed by atoms with E-state index < -0.39 is 5.91 Å². The topological polar surface area (TPSA) is 104 Å². The highest BCUT2D eigenvalue weighted by atomic mass is 32.1. The summed E-state index contributed by atoms with van der Waals surface area (Å²) in [6.45, 7) is 0.551. The average Bonchev–Trinajstić information content (AvgIpc) is 2.92. The summed E-state index contributed by atoms with van der Waals surface area (Å²) in [5, 5.41) is 16.1. The number of fused-ring (bicyclic) bond motifs is 1. The average molecular weight is 359 g/mol. The Hall–Kier alpha value is -2.54. The maximum Gasteiger partial charge on any atom is 0.319 e. The van der Waals surface area contributed by atoms with Crippen LogP contribution in [0.1, 0.15) is 42.5 Å². The fraction of sp³-hybridized carbons (Fsp3) is 0.333. The number of amides is 3. The Morgan fingerprint density at radius 2 is 2.12 bits per heavy atom. The smallest absolute Gasteiger partial charge is 0.319 e. The van der Waals surface area contributed by atoms with E-state index in [0.717, 1.165) is 19.3 Å². The molecule has 1 heterocycles. The van der Waals surface area contributed by atoms with E-state index in [-0.39, 0.29) is 17.3 Å². The Kier molecular flexibility index (Phi) is 5.23. The van der Waals surface area contributed by atoms with Gasteiger partial charge in [0.2, 0.25) is 0 Å². The number of carbonyl (C=O) groups excluding carboxylic acids is 2. The molecule has 1 aromatic carbocycles. The number of carbonyl (C=O) groups is 2. The van der Waals surface area contributed by atoms with Gasteiger partial charge in [0.1, 0.15) is 10.8 Å². The van der Waals surface area contributed by atoms with Gasteiger partial charge in [0.05, 0.1) is 5.56 Å². The van der Waals surface area contributed by atoms with Crippen molar-refractivity contribution in [3.05, 3.63) is 35.4 Å². The maximum absolute atomic E-state index is 12.1. The van der Waals surface area contributed by atoms with Crippen LogP contribution in [0.2, 0.25) is 0 Å². The van der Waals surface area contributed by atoms with E-state index >= 15 is 0 Å². The highest BCUT2D eigenvalue weighted by Gasteiger charge is 2.18. The first-order chi connectivity index (χ1) is 12.0. The van der Waals surface area contributed by atoms with Crippen molar-refractivity contribution in [2.45, 2.75) is 32.1 Å². The Bertz CT molecular complexity index is 841. The lowest BCUT2D eigenvalue weighted by Crippen LogP contribution is -2.30. The molecule has 0 radical (unpaired) electrons. The summed E-state index contributed by atoms with van der Waals surface area (Å²) in [5.41, 5.74) is 7.12. The number of rotatable bonds is 5. The zero-order valence-electron chi connectivity index (χ0n) is 13.8. The lowest BCUT2D eigenvalue weighted by atomic mass is 9.97. The molecule has 0 unspecified atom stereocenters. The predicted octanol–water partition coefficient (Wildman–Crippen LogP) is 3.72. The van der Waals surface area contributed by atoms with Crippen LogP contribution >= 0.6 is 11.3 Å². The van der Waals surface area contributed by atoms with Crippen molar-refractivity contribution < 1.29 is 14.7 Å². The number of hydrogen-bond acceptors (Lipinski definition) is 4. The van der Waals surface area contributed by atoms with Gasteiger partial charge < -0.3 is 16.2 Å². The van der Waals surface area contributed by atoms with Crippen LogP contribution in [0.3, 0.4) is 0 Å². The number of urea groups is 1. The molecule has 6 nitrogen and oxygen atoms in total. The van der Waals surface area contributed by atoms with Crippen LogP contribution in [0.5, 0.6) is 5.75 Å². The van der Waals surface area contributed by atoms with Crippen LogP contribution in [0, 0.1) is 0 Å². The normalized spacial score (nSPS) is 14.2. The first-order valence-corrected chi connectivity index (χ1v) is 9.14. The Morgan fingerprint density at radius 1 is 1.28 bits per heavy atom. The largest absolute Gasteiger partial charge is 0.508 e. The van der Waals surface area contributed by atoms with Crippen molar-refractivity contribution in [2.24, 2.45) is 5.73 Å². The van der Waals surface area contributed by atoms with Gasteiger partial charge in [-0.15, -0.1) is 11.3 Å². The van der Waals surface area contributed by atoms with Crippen molar-refractivity contribution in [3.63, 3.8) is 0 Å². The van der Waals surface area contributed by atoms with Crippen molar-refractivity contribution in [3.8, 4) is 5.75 Å². The molecule has 1 aliphatic carbocycles. The SMILES string of the molecule is NC(=O)c1c(NC(=O)NCCC2=CCCCC2)sc2cc(O)ccc12. The van der Waals surface area contributed by atoms with E-state index in [0.29, 0.717) is 21.6 Å². The summed E-state index contributed by atoms with van der Waals surface area (Å²) < 4.78 is 0.691. The zero-order valence-corrected chi connectivity index (χ0v) is 14.6. The van der Waals surface area contributed by atoms with E-state index in [1.807, 2.05) is 0 Å². The summed E-state index contributed by atoms with van der Waals surface area (Å²) >= 11 is 1.21. The van der Waals surface area contributed by atoms with Crippen molar-refractivity contribution in [2.75, 3.05) is 11.9 Å². The lowest BCUT2D eigenvalue weighted by molar-refractivity contribution is 0.100. The predicted molar refractivity (Wildman–Crippen MR) is 100 cm³/mol. The first kappa shape index (κ1) is 17.3. The minimum Gasteiger partial charge on any atom is -0.508 e. The first-order valence-electron chi connectivity index (χ1n) is 8.32. The molecule has 0 bridgehead atoms. The third kappa shape index (κ3) is 4.11. The number of phenols is 1. The third-order valence-corrected chi connectivity index (χ3v) is 5.33. The Balaban J connectivity index is 1.67. The van der Waals surface area contributed by atoms with Gasteiger partial charge in [-0.05, 0) is 50.3 Å². The molecular weight excluding hydrogens is 338 g/mol. The van der Waals surface area contributed by atoms with E-state index in [4.69, 9.17) is 5.73 Å². The van der Waals surface area contributed by atoms with Gasteiger partial charge in [-0.25, -0.2) is 4.79 Å². The third-order valence-electron chi connectivity index (χ3n) is 4.26. The van der Waals surface area contributed by atoms with Gasteiger partial charge in [-0.2, -0.15) is 0 Å².